The van der Waals surface area contributed by atoms with E-state index in [4.69, 9.17) is 4.74 Å². The Bertz CT molecular complexity index is 439. The monoisotopic (exact) mass is 288 g/mol. The molecule has 0 heterocycles. The molecule has 2 unspecified atom stereocenters. The molecule has 116 valence electrons. The van der Waals surface area contributed by atoms with Crippen molar-refractivity contribution < 1.29 is 9.53 Å². The molecule has 0 saturated heterocycles. The van der Waals surface area contributed by atoms with Gasteiger partial charge in [0.05, 0.1) is 6.61 Å². The molecule has 0 N–H and O–H groups in total. The number of carbonyl (C=O) groups is 1. The van der Waals surface area contributed by atoms with E-state index in [9.17, 15) is 4.79 Å². The Morgan fingerprint density at radius 2 is 1.71 bits per heavy atom. The molecule has 2 rings (SSSR count). The lowest BCUT2D eigenvalue weighted by Crippen LogP contribution is -2.26. The van der Waals surface area contributed by atoms with Crippen LogP contribution in [-0.4, -0.2) is 12.4 Å². The Balaban J connectivity index is 1.96. The Labute approximate surface area is 128 Å². The Hall–Kier alpha value is -1.31. The molecule has 0 aromatic heterocycles. The van der Waals surface area contributed by atoms with Crippen LogP contribution in [0.5, 0.6) is 5.75 Å². The maximum absolute atomic E-state index is 12.6. The Kier molecular flexibility index (Phi) is 5.84. The standard InChI is InChI=1S/C19H28O2/c1-4-5-10-21-18-8-6-16(7-9-18)19(20)17-12-14(2)11-15(3)13-17/h6-9,14-15,17H,4-5,10-13H2,1-3H3. The molecule has 0 spiro atoms. The third-order valence-corrected chi connectivity index (χ3v) is 4.45. The van der Waals surface area contributed by atoms with Gasteiger partial charge in [0, 0.05) is 11.5 Å². The summed E-state index contributed by atoms with van der Waals surface area (Å²) in [6.45, 7) is 7.43. The summed E-state index contributed by atoms with van der Waals surface area (Å²) in [5, 5.41) is 0. The lowest BCUT2D eigenvalue weighted by Gasteiger charge is -2.30. The SMILES string of the molecule is CCCCOc1ccc(C(=O)C2CC(C)CC(C)C2)cc1. The average molecular weight is 288 g/mol. The van der Waals surface area contributed by atoms with Crippen molar-refractivity contribution in [2.45, 2.75) is 52.9 Å². The molecule has 0 amide bonds. The summed E-state index contributed by atoms with van der Waals surface area (Å²) in [5.41, 5.74) is 0.837. The molecular weight excluding hydrogens is 260 g/mol. The third-order valence-electron chi connectivity index (χ3n) is 4.45. The van der Waals surface area contributed by atoms with Crippen molar-refractivity contribution in [3.05, 3.63) is 29.8 Å². The maximum atomic E-state index is 12.6. The molecule has 1 fully saturated rings. The van der Waals surface area contributed by atoms with Gasteiger partial charge in [0.2, 0.25) is 0 Å². The van der Waals surface area contributed by atoms with E-state index in [1.807, 2.05) is 24.3 Å². The molecular formula is C19H28O2. The molecule has 1 aliphatic carbocycles. The summed E-state index contributed by atoms with van der Waals surface area (Å²) in [5.74, 6) is 2.72. The van der Waals surface area contributed by atoms with Crippen LogP contribution in [0.15, 0.2) is 24.3 Å². The minimum atomic E-state index is 0.204. The Morgan fingerprint density at radius 1 is 1.10 bits per heavy atom. The zero-order valence-corrected chi connectivity index (χ0v) is 13.6. The third kappa shape index (κ3) is 4.59. The summed E-state index contributed by atoms with van der Waals surface area (Å²) in [6.07, 6.45) is 5.54. The van der Waals surface area contributed by atoms with E-state index >= 15 is 0 Å². The summed E-state index contributed by atoms with van der Waals surface area (Å²) in [7, 11) is 0. The highest BCUT2D eigenvalue weighted by atomic mass is 16.5. The van der Waals surface area contributed by atoms with E-state index in [-0.39, 0.29) is 5.92 Å². The van der Waals surface area contributed by atoms with Gasteiger partial charge in [-0.25, -0.2) is 0 Å². The second-order valence-corrected chi connectivity index (χ2v) is 6.71. The van der Waals surface area contributed by atoms with Crippen LogP contribution in [-0.2, 0) is 0 Å². The highest BCUT2D eigenvalue weighted by molar-refractivity contribution is 5.98. The van der Waals surface area contributed by atoms with Gasteiger partial charge < -0.3 is 4.74 Å². The van der Waals surface area contributed by atoms with Crippen molar-refractivity contribution in [3.63, 3.8) is 0 Å². The van der Waals surface area contributed by atoms with Gasteiger partial charge in [-0.1, -0.05) is 27.2 Å². The zero-order valence-electron chi connectivity index (χ0n) is 13.6. The number of ether oxygens (including phenoxy) is 1. The average Bonchev–Trinajstić information content (AvgIpc) is 2.46. The largest absolute Gasteiger partial charge is 0.494 e. The van der Waals surface area contributed by atoms with Gasteiger partial charge in [0.25, 0.3) is 0 Å². The fourth-order valence-electron chi connectivity index (χ4n) is 3.45. The number of carbonyl (C=O) groups excluding carboxylic acids is 1. The zero-order chi connectivity index (χ0) is 15.2. The second kappa shape index (κ2) is 7.63. The Morgan fingerprint density at radius 3 is 2.29 bits per heavy atom. The first-order valence-electron chi connectivity index (χ1n) is 8.37. The number of hydrogen-bond donors (Lipinski definition) is 0. The predicted octanol–water partition coefficient (Wildman–Crippen LogP) is 5.12. The summed E-state index contributed by atoms with van der Waals surface area (Å²) >= 11 is 0. The molecule has 0 radical (unpaired) electrons. The lowest BCUT2D eigenvalue weighted by molar-refractivity contribution is 0.0836. The normalized spacial score (nSPS) is 25.6. The molecule has 0 bridgehead atoms. The first-order chi connectivity index (χ1) is 10.1. The molecule has 2 nitrogen and oxygen atoms in total. The van der Waals surface area contributed by atoms with Crippen LogP contribution < -0.4 is 4.74 Å². The molecule has 0 aliphatic heterocycles. The van der Waals surface area contributed by atoms with Crippen molar-refractivity contribution in [1.82, 2.24) is 0 Å². The molecule has 1 aromatic carbocycles. The molecule has 1 aliphatic rings. The molecule has 1 aromatic rings. The number of rotatable bonds is 6. The van der Waals surface area contributed by atoms with Gasteiger partial charge >= 0.3 is 0 Å². The van der Waals surface area contributed by atoms with Crippen LogP contribution in [0.2, 0.25) is 0 Å². The molecule has 21 heavy (non-hydrogen) atoms. The van der Waals surface area contributed by atoms with Gasteiger partial charge in [0.1, 0.15) is 5.75 Å². The topological polar surface area (TPSA) is 26.3 Å². The molecule has 1 saturated carbocycles. The van der Waals surface area contributed by atoms with E-state index in [0.29, 0.717) is 17.6 Å². The second-order valence-electron chi connectivity index (χ2n) is 6.71. The van der Waals surface area contributed by atoms with E-state index in [0.717, 1.165) is 43.6 Å². The molecule has 2 atom stereocenters. The highest BCUT2D eigenvalue weighted by Crippen LogP contribution is 2.34. The maximum Gasteiger partial charge on any atom is 0.165 e. The first kappa shape index (κ1) is 16.1. The summed E-state index contributed by atoms with van der Waals surface area (Å²) < 4.78 is 5.65. The molecule has 2 heteroatoms. The fraction of sp³-hybridized carbons (Fsp3) is 0.632. The van der Waals surface area contributed by atoms with E-state index in [2.05, 4.69) is 20.8 Å². The summed E-state index contributed by atoms with van der Waals surface area (Å²) in [4.78, 5) is 12.6. The van der Waals surface area contributed by atoms with Gasteiger partial charge in [-0.3, -0.25) is 4.79 Å². The van der Waals surface area contributed by atoms with Gasteiger partial charge in [-0.15, -0.1) is 0 Å². The highest BCUT2D eigenvalue weighted by Gasteiger charge is 2.29. The number of Topliss-reactive ketones (excluding diaryl/α,β-unsaturated/α-hetero) is 1. The van der Waals surface area contributed by atoms with E-state index in [1.54, 1.807) is 0 Å². The number of hydrogen-bond acceptors (Lipinski definition) is 2. The minimum Gasteiger partial charge on any atom is -0.494 e. The van der Waals surface area contributed by atoms with Gasteiger partial charge in [-0.05, 0) is 61.8 Å². The predicted molar refractivity (Wildman–Crippen MR) is 86.8 cm³/mol. The van der Waals surface area contributed by atoms with Crippen LogP contribution >= 0.6 is 0 Å². The van der Waals surface area contributed by atoms with Gasteiger partial charge in [0.15, 0.2) is 5.78 Å². The van der Waals surface area contributed by atoms with Crippen LogP contribution in [0.4, 0.5) is 0 Å². The van der Waals surface area contributed by atoms with Gasteiger partial charge in [-0.2, -0.15) is 0 Å². The quantitative estimate of drug-likeness (QED) is 0.536. The fourth-order valence-corrected chi connectivity index (χ4v) is 3.45. The lowest BCUT2D eigenvalue weighted by atomic mass is 9.74. The van der Waals surface area contributed by atoms with Crippen molar-refractivity contribution >= 4 is 5.78 Å². The van der Waals surface area contributed by atoms with Crippen molar-refractivity contribution in [2.24, 2.45) is 17.8 Å². The smallest absolute Gasteiger partial charge is 0.165 e. The van der Waals surface area contributed by atoms with E-state index in [1.165, 1.54) is 6.42 Å². The van der Waals surface area contributed by atoms with Crippen LogP contribution in [0.1, 0.15) is 63.2 Å². The number of benzene rings is 1. The summed E-state index contributed by atoms with van der Waals surface area (Å²) in [6, 6.07) is 7.71. The minimum absolute atomic E-state index is 0.204. The van der Waals surface area contributed by atoms with Crippen molar-refractivity contribution in [1.29, 1.82) is 0 Å². The van der Waals surface area contributed by atoms with Crippen LogP contribution in [0.25, 0.3) is 0 Å². The first-order valence-corrected chi connectivity index (χ1v) is 8.37. The number of unbranched alkanes of at least 4 members (excludes halogenated alkanes) is 1. The van der Waals surface area contributed by atoms with Crippen LogP contribution in [0.3, 0.4) is 0 Å². The van der Waals surface area contributed by atoms with Crippen molar-refractivity contribution in [2.75, 3.05) is 6.61 Å². The van der Waals surface area contributed by atoms with Crippen molar-refractivity contribution in [3.8, 4) is 5.75 Å². The number of ketones is 1. The van der Waals surface area contributed by atoms with Crippen LogP contribution in [0, 0.1) is 17.8 Å². The van der Waals surface area contributed by atoms with E-state index < -0.39 is 0 Å².